The third-order valence-corrected chi connectivity index (χ3v) is 3.08. The predicted octanol–water partition coefficient (Wildman–Crippen LogP) is 2.94. The van der Waals surface area contributed by atoms with Gasteiger partial charge in [-0.05, 0) is 44.9 Å². The van der Waals surface area contributed by atoms with Crippen molar-refractivity contribution in [2.75, 3.05) is 0 Å². The van der Waals surface area contributed by atoms with E-state index >= 15 is 0 Å². The van der Waals surface area contributed by atoms with Crippen LogP contribution in [-0.4, -0.2) is 15.1 Å². The van der Waals surface area contributed by atoms with Gasteiger partial charge in [-0.2, -0.15) is 5.26 Å². The minimum Gasteiger partial charge on any atom is -0.308 e. The van der Waals surface area contributed by atoms with Crippen molar-refractivity contribution in [1.82, 2.24) is 14.9 Å². The van der Waals surface area contributed by atoms with E-state index in [1.807, 2.05) is 16.8 Å². The van der Waals surface area contributed by atoms with Crippen LogP contribution in [0.25, 0.3) is 5.69 Å². The molecule has 2 rings (SSSR count). The molecule has 20 heavy (non-hydrogen) atoms. The molecule has 1 heterocycles. The molecule has 4 heteroatoms. The second-order valence-corrected chi connectivity index (χ2v) is 5.96. The fraction of sp³-hybridized carbons (Fsp3) is 0.375. The average Bonchev–Trinajstić information content (AvgIpc) is 2.83. The first kappa shape index (κ1) is 14.3. The fourth-order valence-corrected chi connectivity index (χ4v) is 2.05. The van der Waals surface area contributed by atoms with E-state index < -0.39 is 0 Å². The molecule has 0 bridgehead atoms. The van der Waals surface area contributed by atoms with Gasteiger partial charge >= 0.3 is 0 Å². The molecule has 0 amide bonds. The number of rotatable bonds is 3. The Morgan fingerprint density at radius 2 is 2.10 bits per heavy atom. The number of benzene rings is 1. The van der Waals surface area contributed by atoms with Crippen LogP contribution in [0.15, 0.2) is 30.6 Å². The maximum absolute atomic E-state index is 9.04. The lowest BCUT2D eigenvalue weighted by Gasteiger charge is -2.21. The second-order valence-electron chi connectivity index (χ2n) is 5.96. The zero-order chi connectivity index (χ0) is 14.8. The molecule has 104 valence electrons. The van der Waals surface area contributed by atoms with E-state index in [4.69, 9.17) is 5.26 Å². The summed E-state index contributed by atoms with van der Waals surface area (Å²) in [4.78, 5) is 4.03. The summed E-state index contributed by atoms with van der Waals surface area (Å²) in [7, 11) is 0. The van der Waals surface area contributed by atoms with Crippen molar-refractivity contribution in [2.45, 2.75) is 39.8 Å². The molecule has 1 N–H and O–H groups in total. The molecular formula is C16H20N4. The molecular weight excluding hydrogens is 248 g/mol. The Kier molecular flexibility index (Phi) is 3.91. The van der Waals surface area contributed by atoms with Gasteiger partial charge in [0.15, 0.2) is 0 Å². The highest BCUT2D eigenvalue weighted by atomic mass is 15.1. The Labute approximate surface area is 120 Å². The molecule has 0 spiro atoms. The van der Waals surface area contributed by atoms with Crippen LogP contribution in [0, 0.1) is 18.3 Å². The SMILES string of the molecule is Cc1cc(CNC(C)(C)C)ccc1-n1ccnc1C#N. The Balaban J connectivity index is 2.25. The highest BCUT2D eigenvalue weighted by molar-refractivity contribution is 5.45. The third-order valence-electron chi connectivity index (χ3n) is 3.08. The monoisotopic (exact) mass is 268 g/mol. The van der Waals surface area contributed by atoms with Crippen molar-refractivity contribution in [3.8, 4) is 11.8 Å². The lowest BCUT2D eigenvalue weighted by atomic mass is 10.1. The minimum absolute atomic E-state index is 0.102. The number of nitrogens with one attached hydrogen (secondary N) is 1. The lowest BCUT2D eigenvalue weighted by molar-refractivity contribution is 0.424. The number of hydrogen-bond acceptors (Lipinski definition) is 3. The van der Waals surface area contributed by atoms with Gasteiger partial charge < -0.3 is 5.32 Å². The summed E-state index contributed by atoms with van der Waals surface area (Å²) < 4.78 is 1.82. The Morgan fingerprint density at radius 1 is 1.35 bits per heavy atom. The number of hydrogen-bond donors (Lipinski definition) is 1. The topological polar surface area (TPSA) is 53.6 Å². The summed E-state index contributed by atoms with van der Waals surface area (Å²) in [6.45, 7) is 9.34. The van der Waals surface area contributed by atoms with Gasteiger partial charge in [0.1, 0.15) is 6.07 Å². The van der Waals surface area contributed by atoms with Gasteiger partial charge in [0.05, 0.1) is 5.69 Å². The van der Waals surface area contributed by atoms with Gasteiger partial charge in [-0.1, -0.05) is 12.1 Å². The summed E-state index contributed by atoms with van der Waals surface area (Å²) >= 11 is 0. The van der Waals surface area contributed by atoms with Crippen LogP contribution in [0.5, 0.6) is 0 Å². The molecule has 0 atom stereocenters. The van der Waals surface area contributed by atoms with E-state index in [9.17, 15) is 0 Å². The summed E-state index contributed by atoms with van der Waals surface area (Å²) in [5, 5.41) is 12.5. The zero-order valence-corrected chi connectivity index (χ0v) is 12.4. The summed E-state index contributed by atoms with van der Waals surface area (Å²) in [6, 6.07) is 8.37. The fourth-order valence-electron chi connectivity index (χ4n) is 2.05. The molecule has 0 aliphatic heterocycles. The standard InChI is InChI=1S/C16H20N4/c1-12-9-13(11-19-16(2,3)4)5-6-14(12)20-8-7-18-15(20)10-17/h5-9,19H,11H2,1-4H3. The van der Waals surface area contributed by atoms with E-state index in [-0.39, 0.29) is 5.54 Å². The lowest BCUT2D eigenvalue weighted by Crippen LogP contribution is -2.35. The Hall–Kier alpha value is -2.12. The number of nitriles is 1. The average molecular weight is 268 g/mol. The van der Waals surface area contributed by atoms with Gasteiger partial charge in [-0.15, -0.1) is 0 Å². The highest BCUT2D eigenvalue weighted by Gasteiger charge is 2.10. The van der Waals surface area contributed by atoms with Crippen LogP contribution in [0.4, 0.5) is 0 Å². The number of nitrogens with zero attached hydrogens (tertiary/aromatic N) is 3. The predicted molar refractivity (Wildman–Crippen MR) is 79.6 cm³/mol. The molecule has 0 fully saturated rings. The van der Waals surface area contributed by atoms with Gasteiger partial charge in [0.2, 0.25) is 5.82 Å². The molecule has 2 aromatic rings. The molecule has 0 radical (unpaired) electrons. The van der Waals surface area contributed by atoms with Crippen molar-refractivity contribution in [2.24, 2.45) is 0 Å². The van der Waals surface area contributed by atoms with E-state index in [0.29, 0.717) is 5.82 Å². The van der Waals surface area contributed by atoms with Crippen molar-refractivity contribution < 1.29 is 0 Å². The molecule has 0 saturated carbocycles. The van der Waals surface area contributed by atoms with Crippen LogP contribution in [0.2, 0.25) is 0 Å². The van der Waals surface area contributed by atoms with Crippen LogP contribution >= 0.6 is 0 Å². The quantitative estimate of drug-likeness (QED) is 0.931. The van der Waals surface area contributed by atoms with E-state index in [0.717, 1.165) is 17.8 Å². The van der Waals surface area contributed by atoms with E-state index in [1.165, 1.54) is 5.56 Å². The maximum Gasteiger partial charge on any atom is 0.217 e. The molecule has 4 nitrogen and oxygen atoms in total. The molecule has 0 aliphatic carbocycles. The molecule has 1 aromatic heterocycles. The normalized spacial score (nSPS) is 11.3. The number of imidazole rings is 1. The Bertz CT molecular complexity index is 641. The zero-order valence-electron chi connectivity index (χ0n) is 12.4. The Morgan fingerprint density at radius 3 is 2.70 bits per heavy atom. The summed E-state index contributed by atoms with van der Waals surface area (Å²) in [6.07, 6.45) is 3.46. The van der Waals surface area contributed by atoms with Gasteiger partial charge in [0, 0.05) is 24.5 Å². The van der Waals surface area contributed by atoms with Crippen molar-refractivity contribution >= 4 is 0 Å². The second kappa shape index (κ2) is 5.48. The van der Waals surface area contributed by atoms with Gasteiger partial charge in [0.25, 0.3) is 0 Å². The van der Waals surface area contributed by atoms with E-state index in [1.54, 1.807) is 6.20 Å². The summed E-state index contributed by atoms with van der Waals surface area (Å²) in [5.74, 6) is 0.411. The highest BCUT2D eigenvalue weighted by Crippen LogP contribution is 2.18. The first-order valence-electron chi connectivity index (χ1n) is 6.69. The summed E-state index contributed by atoms with van der Waals surface area (Å²) in [5.41, 5.74) is 3.47. The van der Waals surface area contributed by atoms with Gasteiger partial charge in [-0.3, -0.25) is 4.57 Å². The van der Waals surface area contributed by atoms with Crippen LogP contribution in [0.1, 0.15) is 37.7 Å². The molecule has 0 saturated heterocycles. The van der Waals surface area contributed by atoms with Crippen molar-refractivity contribution in [3.63, 3.8) is 0 Å². The molecule has 1 aromatic carbocycles. The molecule has 0 unspecified atom stereocenters. The number of aromatic nitrogens is 2. The van der Waals surface area contributed by atoms with Crippen molar-refractivity contribution in [1.29, 1.82) is 5.26 Å². The first-order valence-corrected chi connectivity index (χ1v) is 6.69. The largest absolute Gasteiger partial charge is 0.308 e. The van der Waals surface area contributed by atoms with Crippen LogP contribution in [-0.2, 0) is 6.54 Å². The number of aryl methyl sites for hydroxylation is 1. The van der Waals surface area contributed by atoms with E-state index in [2.05, 4.69) is 56.2 Å². The third kappa shape index (κ3) is 3.25. The van der Waals surface area contributed by atoms with Gasteiger partial charge in [-0.25, -0.2) is 4.98 Å². The first-order chi connectivity index (χ1) is 9.40. The smallest absolute Gasteiger partial charge is 0.217 e. The van der Waals surface area contributed by atoms with Crippen molar-refractivity contribution in [3.05, 3.63) is 47.5 Å². The maximum atomic E-state index is 9.04. The minimum atomic E-state index is 0.102. The molecule has 0 aliphatic rings. The van der Waals surface area contributed by atoms with Crippen LogP contribution < -0.4 is 5.32 Å². The van der Waals surface area contributed by atoms with Crippen LogP contribution in [0.3, 0.4) is 0 Å².